The molecule has 0 saturated heterocycles. The van der Waals surface area contributed by atoms with Crippen LogP contribution < -0.4 is 5.32 Å². The van der Waals surface area contributed by atoms with Gasteiger partial charge >= 0.3 is 0 Å². The molecular weight excluding hydrogens is 290 g/mol. The molecule has 2 heterocycles. The number of aliphatic hydroxyl groups is 1. The smallest absolute Gasteiger partial charge is 0.243 e. The van der Waals surface area contributed by atoms with Crippen molar-refractivity contribution in [2.75, 3.05) is 6.54 Å². The molecule has 114 valence electrons. The Bertz CT molecular complexity index is 577. The van der Waals surface area contributed by atoms with Gasteiger partial charge in [0.15, 0.2) is 0 Å². The molecule has 2 rings (SSSR count). The molecule has 1 amide bonds. The number of nitrogens with zero attached hydrogens (tertiary/aromatic N) is 4. The van der Waals surface area contributed by atoms with Gasteiger partial charge in [-0.25, -0.2) is 0 Å². The number of amides is 1. The molecule has 0 radical (unpaired) electrons. The van der Waals surface area contributed by atoms with E-state index in [4.69, 9.17) is 0 Å². The van der Waals surface area contributed by atoms with Crippen LogP contribution in [0.4, 0.5) is 0 Å². The van der Waals surface area contributed by atoms with Crippen molar-refractivity contribution < 1.29 is 9.90 Å². The summed E-state index contributed by atoms with van der Waals surface area (Å²) in [6.45, 7) is 4.00. The van der Waals surface area contributed by atoms with Gasteiger partial charge in [0.1, 0.15) is 6.54 Å². The molecule has 0 aliphatic rings. The molecule has 0 aliphatic carbocycles. The Morgan fingerprint density at radius 2 is 2.24 bits per heavy atom. The van der Waals surface area contributed by atoms with Crippen LogP contribution in [0.15, 0.2) is 16.8 Å². The molecule has 0 atom stereocenters. The summed E-state index contributed by atoms with van der Waals surface area (Å²) in [6, 6.07) is 1.90. The molecule has 0 unspecified atom stereocenters. The number of carbonyl (C=O) groups excluding carboxylic acids is 1. The topological polar surface area (TPSA) is 92.9 Å². The monoisotopic (exact) mass is 309 g/mol. The third-order valence-electron chi connectivity index (χ3n) is 3.45. The summed E-state index contributed by atoms with van der Waals surface area (Å²) in [5, 5.41) is 28.6. The molecule has 0 aromatic carbocycles. The van der Waals surface area contributed by atoms with Crippen LogP contribution in [-0.2, 0) is 11.3 Å². The number of tetrazole rings is 1. The number of carbonyl (C=O) groups is 1. The summed E-state index contributed by atoms with van der Waals surface area (Å²) in [4.78, 5) is 13.1. The summed E-state index contributed by atoms with van der Waals surface area (Å²) in [5.41, 5.74) is 0.0332. The summed E-state index contributed by atoms with van der Waals surface area (Å²) in [5.74, 6) is 0.257. The number of hydrogen-bond donors (Lipinski definition) is 2. The number of thiophene rings is 1. The van der Waals surface area contributed by atoms with Gasteiger partial charge in [0.25, 0.3) is 0 Å². The van der Waals surface area contributed by atoms with E-state index in [9.17, 15) is 9.90 Å². The summed E-state index contributed by atoms with van der Waals surface area (Å²) >= 11 is 1.55. The van der Waals surface area contributed by atoms with Crippen LogP contribution in [0.3, 0.4) is 0 Å². The van der Waals surface area contributed by atoms with E-state index in [0.29, 0.717) is 18.7 Å². The molecule has 2 aromatic rings. The van der Waals surface area contributed by atoms with Gasteiger partial charge in [0.05, 0.1) is 5.60 Å². The van der Waals surface area contributed by atoms with E-state index >= 15 is 0 Å². The average molecular weight is 309 g/mol. The minimum absolute atomic E-state index is 0.0132. The van der Waals surface area contributed by atoms with Gasteiger partial charge in [-0.2, -0.15) is 16.1 Å². The first-order chi connectivity index (χ1) is 10.1. The number of aromatic nitrogens is 4. The SMILES string of the molecule is CCC(O)(CC)CNC(=O)Cn1nnc(-c2ccsc2)n1. The average Bonchev–Trinajstić information content (AvgIpc) is 3.15. The minimum atomic E-state index is -0.854. The Morgan fingerprint density at radius 3 is 2.86 bits per heavy atom. The van der Waals surface area contributed by atoms with Crippen LogP contribution >= 0.6 is 11.3 Å². The molecule has 8 heteroatoms. The maximum absolute atomic E-state index is 11.8. The zero-order valence-corrected chi connectivity index (χ0v) is 12.9. The number of hydrogen-bond acceptors (Lipinski definition) is 6. The first-order valence-corrected chi connectivity index (χ1v) is 7.80. The van der Waals surface area contributed by atoms with Crippen LogP contribution in [0.1, 0.15) is 26.7 Å². The molecule has 2 aromatic heterocycles. The summed E-state index contributed by atoms with van der Waals surface area (Å²) in [6.07, 6.45) is 1.18. The van der Waals surface area contributed by atoms with Crippen LogP contribution in [0.5, 0.6) is 0 Å². The fourth-order valence-corrected chi connectivity index (χ4v) is 2.40. The Kier molecular flexibility index (Phi) is 5.03. The van der Waals surface area contributed by atoms with Crippen molar-refractivity contribution in [2.24, 2.45) is 0 Å². The van der Waals surface area contributed by atoms with Crippen molar-refractivity contribution in [3.63, 3.8) is 0 Å². The van der Waals surface area contributed by atoms with Crippen LogP contribution in [0.2, 0.25) is 0 Å². The van der Waals surface area contributed by atoms with Gasteiger partial charge in [-0.1, -0.05) is 13.8 Å². The standard InChI is InChI=1S/C13H19N5O2S/c1-3-13(20,4-2)9-14-11(19)7-18-16-12(15-17-18)10-5-6-21-8-10/h5-6,8,20H,3-4,7,9H2,1-2H3,(H,14,19). The largest absolute Gasteiger partial charge is 0.388 e. The van der Waals surface area contributed by atoms with E-state index in [1.807, 2.05) is 30.7 Å². The molecule has 2 N–H and O–H groups in total. The van der Waals surface area contributed by atoms with Gasteiger partial charge in [-0.3, -0.25) is 4.79 Å². The lowest BCUT2D eigenvalue weighted by atomic mass is 9.98. The first-order valence-electron chi connectivity index (χ1n) is 6.86. The molecular formula is C13H19N5O2S. The van der Waals surface area contributed by atoms with Crippen molar-refractivity contribution >= 4 is 17.2 Å². The normalized spacial score (nSPS) is 11.6. The maximum Gasteiger partial charge on any atom is 0.243 e. The Hall–Kier alpha value is -1.80. The van der Waals surface area contributed by atoms with Gasteiger partial charge in [0, 0.05) is 17.5 Å². The zero-order valence-electron chi connectivity index (χ0n) is 12.1. The third kappa shape index (κ3) is 4.08. The molecule has 0 fully saturated rings. The number of rotatable bonds is 7. The maximum atomic E-state index is 11.8. The molecule has 7 nitrogen and oxygen atoms in total. The van der Waals surface area contributed by atoms with Gasteiger partial charge in [-0.05, 0) is 29.5 Å². The lowest BCUT2D eigenvalue weighted by Gasteiger charge is -2.25. The van der Waals surface area contributed by atoms with Crippen molar-refractivity contribution in [1.82, 2.24) is 25.5 Å². The zero-order chi connectivity index (χ0) is 15.3. The van der Waals surface area contributed by atoms with Crippen molar-refractivity contribution in [3.05, 3.63) is 16.8 Å². The summed E-state index contributed by atoms with van der Waals surface area (Å²) < 4.78 is 0. The van der Waals surface area contributed by atoms with Crippen molar-refractivity contribution in [1.29, 1.82) is 0 Å². The van der Waals surface area contributed by atoms with Gasteiger partial charge in [0.2, 0.25) is 11.7 Å². The minimum Gasteiger partial charge on any atom is -0.388 e. The molecule has 0 bridgehead atoms. The second-order valence-electron chi connectivity index (χ2n) is 4.86. The second-order valence-corrected chi connectivity index (χ2v) is 5.64. The Labute approximate surface area is 127 Å². The van der Waals surface area contributed by atoms with E-state index in [0.717, 1.165) is 5.56 Å². The fraction of sp³-hybridized carbons (Fsp3) is 0.538. The van der Waals surface area contributed by atoms with E-state index < -0.39 is 5.60 Å². The quantitative estimate of drug-likeness (QED) is 0.798. The highest BCUT2D eigenvalue weighted by atomic mass is 32.1. The highest BCUT2D eigenvalue weighted by Crippen LogP contribution is 2.16. The number of nitrogens with one attached hydrogen (secondary N) is 1. The Morgan fingerprint density at radius 1 is 1.48 bits per heavy atom. The Balaban J connectivity index is 1.89. The van der Waals surface area contributed by atoms with Gasteiger partial charge in [-0.15, -0.1) is 10.2 Å². The highest BCUT2D eigenvalue weighted by Gasteiger charge is 2.22. The van der Waals surface area contributed by atoms with Gasteiger partial charge < -0.3 is 10.4 Å². The lowest BCUT2D eigenvalue weighted by molar-refractivity contribution is -0.123. The predicted molar refractivity (Wildman–Crippen MR) is 79.7 cm³/mol. The third-order valence-corrected chi connectivity index (χ3v) is 4.13. The first kappa shape index (κ1) is 15.6. The van der Waals surface area contributed by atoms with Crippen LogP contribution in [-0.4, -0.2) is 43.4 Å². The van der Waals surface area contributed by atoms with E-state index in [1.54, 1.807) is 11.3 Å². The molecule has 0 aliphatic heterocycles. The molecule has 21 heavy (non-hydrogen) atoms. The van der Waals surface area contributed by atoms with E-state index in [1.165, 1.54) is 4.80 Å². The van der Waals surface area contributed by atoms with Crippen LogP contribution in [0, 0.1) is 0 Å². The molecule has 0 saturated carbocycles. The van der Waals surface area contributed by atoms with Crippen LogP contribution in [0.25, 0.3) is 11.4 Å². The van der Waals surface area contributed by atoms with Crippen molar-refractivity contribution in [3.8, 4) is 11.4 Å². The highest BCUT2D eigenvalue weighted by molar-refractivity contribution is 7.08. The van der Waals surface area contributed by atoms with Crippen molar-refractivity contribution in [2.45, 2.75) is 38.8 Å². The summed E-state index contributed by atoms with van der Waals surface area (Å²) in [7, 11) is 0. The second kappa shape index (κ2) is 6.77. The predicted octanol–water partition coefficient (Wildman–Crippen LogP) is 1.07. The molecule has 0 spiro atoms. The fourth-order valence-electron chi connectivity index (χ4n) is 1.76. The van der Waals surface area contributed by atoms with E-state index in [-0.39, 0.29) is 19.0 Å². The van der Waals surface area contributed by atoms with E-state index in [2.05, 4.69) is 20.7 Å². The lowest BCUT2D eigenvalue weighted by Crippen LogP contribution is -2.43.